The minimum Gasteiger partial charge on any atom is -0.459 e. The van der Waals surface area contributed by atoms with Crippen molar-refractivity contribution < 1.29 is 9.21 Å². The number of benzene rings is 1. The molecule has 0 bridgehead atoms. The number of fused-ring (bicyclic) bond motifs is 1. The van der Waals surface area contributed by atoms with Crippen LogP contribution >= 0.6 is 0 Å². The van der Waals surface area contributed by atoms with Gasteiger partial charge in [-0.3, -0.25) is 14.8 Å². The number of hydrogen-bond acceptors (Lipinski definition) is 4. The molecule has 0 spiro atoms. The Morgan fingerprint density at radius 3 is 2.68 bits per heavy atom. The first-order valence-electron chi connectivity index (χ1n) is 5.78. The molecule has 0 aliphatic carbocycles. The summed E-state index contributed by atoms with van der Waals surface area (Å²) in [5.41, 5.74) is 2.29. The molecule has 0 fully saturated rings. The Morgan fingerprint density at radius 2 is 1.95 bits per heavy atom. The van der Waals surface area contributed by atoms with Crippen molar-refractivity contribution in [1.82, 2.24) is 9.97 Å². The van der Waals surface area contributed by atoms with E-state index >= 15 is 0 Å². The molecule has 94 valence electrons. The zero-order valence-corrected chi connectivity index (χ0v) is 10.3. The van der Waals surface area contributed by atoms with E-state index in [2.05, 4.69) is 9.97 Å². The molecule has 3 aromatic rings. The quantitative estimate of drug-likeness (QED) is 0.704. The van der Waals surface area contributed by atoms with Crippen LogP contribution in [0.1, 0.15) is 10.6 Å². The first-order chi connectivity index (χ1) is 9.25. The van der Waals surface area contributed by atoms with Gasteiger partial charge in [-0.2, -0.15) is 0 Å². The van der Waals surface area contributed by atoms with Gasteiger partial charge in [-0.25, -0.2) is 0 Å². The molecule has 0 saturated carbocycles. The smallest absolute Gasteiger partial charge is 0.293 e. The maximum Gasteiger partial charge on any atom is 0.293 e. The summed E-state index contributed by atoms with van der Waals surface area (Å²) in [6.45, 7) is 0. The summed E-state index contributed by atoms with van der Waals surface area (Å²) in [5, 5.41) is 0. The van der Waals surface area contributed by atoms with Crippen LogP contribution in [0.15, 0.2) is 53.4 Å². The van der Waals surface area contributed by atoms with Gasteiger partial charge in [0.05, 0.1) is 17.3 Å². The third kappa shape index (κ3) is 2.06. The first-order valence-corrected chi connectivity index (χ1v) is 5.78. The lowest BCUT2D eigenvalue weighted by Crippen LogP contribution is -2.25. The Bertz CT molecular complexity index is 722. The Balaban J connectivity index is 1.97. The van der Waals surface area contributed by atoms with Crippen molar-refractivity contribution >= 4 is 22.6 Å². The highest BCUT2D eigenvalue weighted by Gasteiger charge is 2.16. The van der Waals surface area contributed by atoms with Crippen LogP contribution in [0.3, 0.4) is 0 Å². The van der Waals surface area contributed by atoms with Gasteiger partial charge in [-0.1, -0.05) is 0 Å². The van der Waals surface area contributed by atoms with Gasteiger partial charge in [0.25, 0.3) is 5.91 Å². The Morgan fingerprint density at radius 1 is 1.16 bits per heavy atom. The molecule has 0 unspecified atom stereocenters. The molecular formula is C14H11N3O2. The number of furan rings is 1. The second-order valence-electron chi connectivity index (χ2n) is 4.07. The van der Waals surface area contributed by atoms with Gasteiger partial charge >= 0.3 is 0 Å². The molecule has 0 radical (unpaired) electrons. The molecular weight excluding hydrogens is 242 g/mol. The number of carbonyl (C=O) groups is 1. The number of amides is 1. The molecule has 3 rings (SSSR count). The highest BCUT2D eigenvalue weighted by atomic mass is 16.3. The minimum atomic E-state index is -0.201. The van der Waals surface area contributed by atoms with E-state index in [0.717, 1.165) is 16.7 Å². The van der Waals surface area contributed by atoms with Crippen molar-refractivity contribution in [3.63, 3.8) is 0 Å². The first kappa shape index (κ1) is 11.4. The molecule has 5 nitrogen and oxygen atoms in total. The van der Waals surface area contributed by atoms with E-state index in [9.17, 15) is 4.79 Å². The van der Waals surface area contributed by atoms with E-state index in [-0.39, 0.29) is 5.91 Å². The zero-order valence-electron chi connectivity index (χ0n) is 10.3. The number of nitrogens with zero attached hydrogens (tertiary/aromatic N) is 3. The molecule has 0 atom stereocenters. The molecule has 0 saturated heterocycles. The third-order valence-electron chi connectivity index (χ3n) is 2.88. The third-order valence-corrected chi connectivity index (χ3v) is 2.88. The molecule has 19 heavy (non-hydrogen) atoms. The Labute approximate surface area is 109 Å². The minimum absolute atomic E-state index is 0.201. The predicted molar refractivity (Wildman–Crippen MR) is 71.0 cm³/mol. The van der Waals surface area contributed by atoms with Crippen LogP contribution in [0.4, 0.5) is 5.69 Å². The van der Waals surface area contributed by atoms with Crippen LogP contribution in [0.2, 0.25) is 0 Å². The fourth-order valence-corrected chi connectivity index (χ4v) is 1.84. The maximum atomic E-state index is 12.1. The lowest BCUT2D eigenvalue weighted by molar-refractivity contribution is 0.0966. The van der Waals surface area contributed by atoms with Crippen molar-refractivity contribution in [2.75, 3.05) is 11.9 Å². The summed E-state index contributed by atoms with van der Waals surface area (Å²) < 4.78 is 5.11. The van der Waals surface area contributed by atoms with E-state index in [1.165, 1.54) is 11.2 Å². The van der Waals surface area contributed by atoms with Gasteiger partial charge < -0.3 is 9.32 Å². The van der Waals surface area contributed by atoms with E-state index < -0.39 is 0 Å². The fourth-order valence-electron chi connectivity index (χ4n) is 1.84. The SMILES string of the molecule is CN(C(=O)c1ccco1)c1ccc2nccnc2c1. The van der Waals surface area contributed by atoms with Crippen LogP contribution in [0, 0.1) is 0 Å². The summed E-state index contributed by atoms with van der Waals surface area (Å²) in [4.78, 5) is 22.1. The largest absolute Gasteiger partial charge is 0.459 e. The van der Waals surface area contributed by atoms with Gasteiger partial charge in [0.1, 0.15) is 0 Å². The van der Waals surface area contributed by atoms with Crippen LogP contribution in [0.25, 0.3) is 11.0 Å². The summed E-state index contributed by atoms with van der Waals surface area (Å²) in [6, 6.07) is 8.82. The summed E-state index contributed by atoms with van der Waals surface area (Å²) in [6.07, 6.45) is 4.74. The van der Waals surface area contributed by atoms with Crippen molar-refractivity contribution in [1.29, 1.82) is 0 Å². The maximum absolute atomic E-state index is 12.1. The van der Waals surface area contributed by atoms with Gasteiger partial charge in [0.2, 0.25) is 0 Å². The normalized spacial score (nSPS) is 10.6. The highest BCUT2D eigenvalue weighted by molar-refractivity contribution is 6.04. The number of anilines is 1. The molecule has 1 amide bonds. The predicted octanol–water partition coefficient (Wildman–Crippen LogP) is 2.50. The fraction of sp³-hybridized carbons (Fsp3) is 0.0714. The monoisotopic (exact) mass is 253 g/mol. The zero-order chi connectivity index (χ0) is 13.2. The summed E-state index contributed by atoms with van der Waals surface area (Å²) in [7, 11) is 1.70. The average molecular weight is 253 g/mol. The summed E-state index contributed by atoms with van der Waals surface area (Å²) >= 11 is 0. The molecule has 0 aliphatic rings. The van der Waals surface area contributed by atoms with Gasteiger partial charge in [0.15, 0.2) is 5.76 Å². The van der Waals surface area contributed by atoms with Crippen molar-refractivity contribution in [2.45, 2.75) is 0 Å². The Kier molecular flexibility index (Phi) is 2.72. The lowest BCUT2D eigenvalue weighted by atomic mass is 10.2. The summed E-state index contributed by atoms with van der Waals surface area (Å²) in [5.74, 6) is 0.106. The standard InChI is InChI=1S/C14H11N3O2/c1-17(14(18)13-3-2-8-19-13)10-4-5-11-12(9-10)16-7-6-15-11/h2-9H,1H3. The van der Waals surface area contributed by atoms with Crippen LogP contribution < -0.4 is 4.90 Å². The lowest BCUT2D eigenvalue weighted by Gasteiger charge is -2.16. The van der Waals surface area contributed by atoms with Crippen LogP contribution in [0.5, 0.6) is 0 Å². The second kappa shape index (κ2) is 4.53. The van der Waals surface area contributed by atoms with Crippen molar-refractivity contribution in [2.24, 2.45) is 0 Å². The van der Waals surface area contributed by atoms with Crippen LogP contribution in [-0.2, 0) is 0 Å². The number of aromatic nitrogens is 2. The number of carbonyl (C=O) groups excluding carboxylic acids is 1. The van der Waals surface area contributed by atoms with E-state index in [1.54, 1.807) is 31.6 Å². The van der Waals surface area contributed by atoms with Gasteiger partial charge in [-0.05, 0) is 30.3 Å². The topological polar surface area (TPSA) is 59.2 Å². The molecule has 2 heterocycles. The highest BCUT2D eigenvalue weighted by Crippen LogP contribution is 2.20. The van der Waals surface area contributed by atoms with E-state index in [1.807, 2.05) is 18.2 Å². The molecule has 5 heteroatoms. The molecule has 1 aromatic carbocycles. The number of rotatable bonds is 2. The second-order valence-corrected chi connectivity index (χ2v) is 4.07. The van der Waals surface area contributed by atoms with Crippen molar-refractivity contribution in [3.05, 3.63) is 54.7 Å². The molecule has 0 N–H and O–H groups in total. The van der Waals surface area contributed by atoms with Crippen LogP contribution in [-0.4, -0.2) is 22.9 Å². The Hall–Kier alpha value is -2.69. The molecule has 2 aromatic heterocycles. The molecule has 0 aliphatic heterocycles. The average Bonchev–Trinajstić information content (AvgIpc) is 2.99. The number of hydrogen-bond donors (Lipinski definition) is 0. The van der Waals surface area contributed by atoms with E-state index in [0.29, 0.717) is 5.76 Å². The van der Waals surface area contributed by atoms with E-state index in [4.69, 9.17) is 4.42 Å². The van der Waals surface area contributed by atoms with Gasteiger partial charge in [-0.15, -0.1) is 0 Å². The van der Waals surface area contributed by atoms with Crippen molar-refractivity contribution in [3.8, 4) is 0 Å². The van der Waals surface area contributed by atoms with Gasteiger partial charge in [0, 0.05) is 25.1 Å².